The van der Waals surface area contributed by atoms with Gasteiger partial charge in [0.2, 0.25) is 5.91 Å². The lowest BCUT2D eigenvalue weighted by molar-refractivity contribution is -0.115. The summed E-state index contributed by atoms with van der Waals surface area (Å²) in [5, 5.41) is 6.73. The Hall–Kier alpha value is -2.53. The summed E-state index contributed by atoms with van der Waals surface area (Å²) < 4.78 is 3.84. The number of nitrogens with one attached hydrogen (secondary N) is 1. The third-order valence-corrected chi connectivity index (χ3v) is 4.01. The van der Waals surface area contributed by atoms with Gasteiger partial charge in [-0.25, -0.2) is 0 Å². The Morgan fingerprint density at radius 1 is 1.09 bits per heavy atom. The van der Waals surface area contributed by atoms with Crippen molar-refractivity contribution in [3.05, 3.63) is 65.9 Å². The number of rotatable bonds is 4. The van der Waals surface area contributed by atoms with Gasteiger partial charge in [-0.3, -0.25) is 4.79 Å². The van der Waals surface area contributed by atoms with Crippen molar-refractivity contribution in [1.82, 2.24) is 9.59 Å². The molecule has 110 valence electrons. The van der Waals surface area contributed by atoms with E-state index in [1.807, 2.05) is 55.5 Å². The summed E-state index contributed by atoms with van der Waals surface area (Å²) in [7, 11) is 0. The Morgan fingerprint density at radius 2 is 1.82 bits per heavy atom. The van der Waals surface area contributed by atoms with Crippen molar-refractivity contribution in [1.29, 1.82) is 0 Å². The monoisotopic (exact) mass is 309 g/mol. The first-order valence-electron chi connectivity index (χ1n) is 6.94. The second kappa shape index (κ2) is 6.49. The van der Waals surface area contributed by atoms with E-state index in [0.717, 1.165) is 21.7 Å². The molecule has 1 amide bonds. The minimum Gasteiger partial charge on any atom is -0.326 e. The number of carbonyl (C=O) groups excluding carboxylic acids is 1. The summed E-state index contributed by atoms with van der Waals surface area (Å²) in [6, 6.07) is 15.7. The standard InChI is InChI=1S/C17H15N3OS/c1-12-2-4-13(5-3-12)10-17(21)19-15-8-6-14(7-9-15)16-11-18-20-22-16/h2-9,11H,10H2,1H3,(H,19,21). The van der Waals surface area contributed by atoms with Crippen LogP contribution in [0, 0.1) is 6.92 Å². The molecular formula is C17H15N3OS. The van der Waals surface area contributed by atoms with Crippen molar-refractivity contribution in [3.63, 3.8) is 0 Å². The molecule has 0 atom stereocenters. The fourth-order valence-corrected chi connectivity index (χ4v) is 2.63. The Kier molecular flexibility index (Phi) is 4.25. The van der Waals surface area contributed by atoms with Crippen molar-refractivity contribution in [2.75, 3.05) is 5.32 Å². The molecule has 2 aromatic carbocycles. The molecule has 1 aromatic heterocycles. The zero-order valence-corrected chi connectivity index (χ0v) is 12.9. The van der Waals surface area contributed by atoms with Crippen molar-refractivity contribution < 1.29 is 4.79 Å². The van der Waals surface area contributed by atoms with E-state index in [1.165, 1.54) is 17.1 Å². The quantitative estimate of drug-likeness (QED) is 0.799. The first-order chi connectivity index (χ1) is 10.7. The Bertz CT molecular complexity index is 750. The minimum absolute atomic E-state index is 0.0175. The van der Waals surface area contributed by atoms with Crippen LogP contribution in [-0.4, -0.2) is 15.5 Å². The fourth-order valence-electron chi connectivity index (χ4n) is 2.11. The van der Waals surface area contributed by atoms with Crippen LogP contribution in [0.15, 0.2) is 54.7 Å². The molecule has 0 unspecified atom stereocenters. The molecule has 0 bridgehead atoms. The summed E-state index contributed by atoms with van der Waals surface area (Å²) >= 11 is 1.35. The highest BCUT2D eigenvalue weighted by atomic mass is 32.1. The molecule has 1 heterocycles. The fraction of sp³-hybridized carbons (Fsp3) is 0.118. The molecule has 0 aliphatic carbocycles. The summed E-state index contributed by atoms with van der Waals surface area (Å²) in [6.07, 6.45) is 2.11. The maximum absolute atomic E-state index is 12.1. The average molecular weight is 309 g/mol. The Balaban J connectivity index is 1.63. The predicted molar refractivity (Wildman–Crippen MR) is 88.9 cm³/mol. The van der Waals surface area contributed by atoms with Crippen LogP contribution in [0.1, 0.15) is 11.1 Å². The number of aryl methyl sites for hydroxylation is 1. The number of benzene rings is 2. The summed E-state index contributed by atoms with van der Waals surface area (Å²) in [5.74, 6) is -0.0175. The molecule has 0 aliphatic heterocycles. The molecule has 4 nitrogen and oxygen atoms in total. The molecule has 0 radical (unpaired) electrons. The van der Waals surface area contributed by atoms with Gasteiger partial charge in [-0.1, -0.05) is 46.4 Å². The molecule has 0 spiro atoms. The first kappa shape index (κ1) is 14.4. The predicted octanol–water partition coefficient (Wildman–Crippen LogP) is 3.69. The molecule has 1 N–H and O–H groups in total. The Labute approximate surface area is 133 Å². The first-order valence-corrected chi connectivity index (χ1v) is 7.71. The second-order valence-electron chi connectivity index (χ2n) is 5.07. The van der Waals surface area contributed by atoms with Gasteiger partial charge >= 0.3 is 0 Å². The highest BCUT2D eigenvalue weighted by molar-refractivity contribution is 7.09. The maximum atomic E-state index is 12.1. The van der Waals surface area contributed by atoms with Gasteiger partial charge in [-0.2, -0.15) is 0 Å². The molecule has 0 saturated carbocycles. The molecule has 3 rings (SSSR count). The summed E-state index contributed by atoms with van der Waals surface area (Å²) in [4.78, 5) is 13.1. The maximum Gasteiger partial charge on any atom is 0.228 e. The van der Waals surface area contributed by atoms with E-state index >= 15 is 0 Å². The van der Waals surface area contributed by atoms with E-state index in [0.29, 0.717) is 6.42 Å². The van der Waals surface area contributed by atoms with Crippen molar-refractivity contribution >= 4 is 23.1 Å². The highest BCUT2D eigenvalue weighted by Crippen LogP contribution is 2.23. The van der Waals surface area contributed by atoms with Gasteiger partial charge in [-0.05, 0) is 41.7 Å². The van der Waals surface area contributed by atoms with Crippen LogP contribution in [0.5, 0.6) is 0 Å². The van der Waals surface area contributed by atoms with Gasteiger partial charge in [0.15, 0.2) is 0 Å². The van der Waals surface area contributed by atoms with Crippen LogP contribution in [0.3, 0.4) is 0 Å². The number of anilines is 1. The van der Waals surface area contributed by atoms with Gasteiger partial charge in [0.05, 0.1) is 17.5 Å². The number of hydrogen-bond acceptors (Lipinski definition) is 4. The van der Waals surface area contributed by atoms with Crippen LogP contribution in [-0.2, 0) is 11.2 Å². The topological polar surface area (TPSA) is 54.9 Å². The molecule has 3 aromatic rings. The number of aromatic nitrogens is 2. The van der Waals surface area contributed by atoms with E-state index in [-0.39, 0.29) is 5.91 Å². The number of nitrogens with zero attached hydrogens (tertiary/aromatic N) is 2. The van der Waals surface area contributed by atoms with Gasteiger partial charge in [0, 0.05) is 5.69 Å². The number of hydrogen-bond donors (Lipinski definition) is 1. The lowest BCUT2D eigenvalue weighted by Crippen LogP contribution is -2.14. The van der Waals surface area contributed by atoms with Crippen LogP contribution >= 0.6 is 11.5 Å². The average Bonchev–Trinajstić information content (AvgIpc) is 3.05. The van der Waals surface area contributed by atoms with Crippen LogP contribution in [0.2, 0.25) is 0 Å². The van der Waals surface area contributed by atoms with E-state index in [4.69, 9.17) is 0 Å². The molecule has 0 aliphatic rings. The number of carbonyl (C=O) groups is 1. The Morgan fingerprint density at radius 3 is 2.45 bits per heavy atom. The van der Waals surface area contributed by atoms with Crippen molar-refractivity contribution in [2.24, 2.45) is 0 Å². The summed E-state index contributed by atoms with van der Waals surface area (Å²) in [6.45, 7) is 2.03. The molecule has 0 saturated heterocycles. The largest absolute Gasteiger partial charge is 0.326 e. The van der Waals surface area contributed by atoms with Crippen molar-refractivity contribution in [2.45, 2.75) is 13.3 Å². The lowest BCUT2D eigenvalue weighted by atomic mass is 10.1. The molecule has 22 heavy (non-hydrogen) atoms. The highest BCUT2D eigenvalue weighted by Gasteiger charge is 2.05. The SMILES string of the molecule is Cc1ccc(CC(=O)Nc2ccc(-c3cnns3)cc2)cc1. The van der Waals surface area contributed by atoms with Gasteiger partial charge in [-0.15, -0.1) is 5.10 Å². The normalized spacial score (nSPS) is 10.4. The third-order valence-electron chi connectivity index (χ3n) is 3.30. The molecular weight excluding hydrogens is 294 g/mol. The van der Waals surface area contributed by atoms with Gasteiger partial charge in [0.1, 0.15) is 0 Å². The molecule has 0 fully saturated rings. The minimum atomic E-state index is -0.0175. The second-order valence-corrected chi connectivity index (χ2v) is 5.86. The van der Waals surface area contributed by atoms with E-state index < -0.39 is 0 Å². The van der Waals surface area contributed by atoms with E-state index in [9.17, 15) is 4.79 Å². The smallest absolute Gasteiger partial charge is 0.228 e. The van der Waals surface area contributed by atoms with Gasteiger partial charge < -0.3 is 5.32 Å². The zero-order valence-electron chi connectivity index (χ0n) is 12.1. The lowest BCUT2D eigenvalue weighted by Gasteiger charge is -2.06. The van der Waals surface area contributed by atoms with Crippen molar-refractivity contribution in [3.8, 4) is 10.4 Å². The summed E-state index contributed by atoms with van der Waals surface area (Å²) in [5.41, 5.74) is 4.04. The molecule has 5 heteroatoms. The number of amides is 1. The van der Waals surface area contributed by atoms with E-state index in [2.05, 4.69) is 14.9 Å². The van der Waals surface area contributed by atoms with Crippen LogP contribution < -0.4 is 5.32 Å². The van der Waals surface area contributed by atoms with Crippen LogP contribution in [0.25, 0.3) is 10.4 Å². The van der Waals surface area contributed by atoms with Gasteiger partial charge in [0.25, 0.3) is 0 Å². The van der Waals surface area contributed by atoms with Crippen LogP contribution in [0.4, 0.5) is 5.69 Å². The third kappa shape index (κ3) is 3.56. The van der Waals surface area contributed by atoms with E-state index in [1.54, 1.807) is 6.20 Å². The zero-order chi connectivity index (χ0) is 15.4.